The van der Waals surface area contributed by atoms with Gasteiger partial charge in [0.25, 0.3) is 0 Å². The van der Waals surface area contributed by atoms with Gasteiger partial charge in [0.15, 0.2) is 0 Å². The number of rotatable bonds is 1. The quantitative estimate of drug-likeness (QED) is 0.663. The van der Waals surface area contributed by atoms with Crippen LogP contribution in [0.2, 0.25) is 0 Å². The van der Waals surface area contributed by atoms with Gasteiger partial charge in [0.05, 0.1) is 5.69 Å². The Kier molecular flexibility index (Phi) is 2.69. The maximum Gasteiger partial charge on any atom is 0.147 e. The molecule has 1 aliphatic rings. The fourth-order valence-electron chi connectivity index (χ4n) is 2.81. The largest absolute Gasteiger partial charge is 0.360 e. The van der Waals surface area contributed by atoms with Crippen LogP contribution in [0.4, 0.5) is 0 Å². The molecule has 1 unspecified atom stereocenters. The number of aryl methyl sites for hydroxylation is 1. The highest BCUT2D eigenvalue weighted by atomic mass is 16.5. The predicted octanol–water partition coefficient (Wildman–Crippen LogP) is 4.14. The molecule has 1 atom stereocenters. The second-order valence-electron chi connectivity index (χ2n) is 5.67. The van der Waals surface area contributed by atoms with Crippen molar-refractivity contribution < 1.29 is 4.52 Å². The predicted molar refractivity (Wildman–Crippen MR) is 65.5 cm³/mol. The minimum atomic E-state index is 0.273. The van der Waals surface area contributed by atoms with Gasteiger partial charge >= 0.3 is 0 Å². The van der Waals surface area contributed by atoms with E-state index in [9.17, 15) is 0 Å². The standard InChI is InChI=1S/C14H21NO/c1-9-7-6-8-14(4,5)12(9)13-10(2)11(3)15-16-13/h7,12H,6,8H2,1-5H3. The fraction of sp³-hybridized carbons (Fsp3) is 0.643. The smallest absolute Gasteiger partial charge is 0.147 e. The highest BCUT2D eigenvalue weighted by Crippen LogP contribution is 2.48. The molecule has 88 valence electrons. The number of aromatic nitrogens is 1. The van der Waals surface area contributed by atoms with Crippen molar-refractivity contribution in [2.24, 2.45) is 5.41 Å². The lowest BCUT2D eigenvalue weighted by Crippen LogP contribution is -2.26. The second kappa shape index (κ2) is 3.76. The lowest BCUT2D eigenvalue weighted by Gasteiger charge is -2.37. The number of hydrogen-bond donors (Lipinski definition) is 0. The van der Waals surface area contributed by atoms with Crippen molar-refractivity contribution in [2.75, 3.05) is 0 Å². The van der Waals surface area contributed by atoms with E-state index in [4.69, 9.17) is 4.52 Å². The van der Waals surface area contributed by atoms with Crippen LogP contribution in [0.25, 0.3) is 0 Å². The summed E-state index contributed by atoms with van der Waals surface area (Å²) in [6.45, 7) is 11.0. The first-order valence-corrected chi connectivity index (χ1v) is 6.03. The summed E-state index contributed by atoms with van der Waals surface area (Å²) in [5.41, 5.74) is 3.93. The third kappa shape index (κ3) is 1.70. The molecule has 1 aromatic rings. The van der Waals surface area contributed by atoms with Gasteiger partial charge in [0.1, 0.15) is 5.76 Å². The Hall–Kier alpha value is -1.05. The van der Waals surface area contributed by atoms with Crippen molar-refractivity contribution in [1.29, 1.82) is 0 Å². The van der Waals surface area contributed by atoms with Crippen molar-refractivity contribution in [3.63, 3.8) is 0 Å². The van der Waals surface area contributed by atoms with Crippen LogP contribution in [0.1, 0.15) is 56.5 Å². The third-order valence-corrected chi connectivity index (χ3v) is 3.95. The molecule has 0 aliphatic heterocycles. The van der Waals surface area contributed by atoms with Crippen LogP contribution < -0.4 is 0 Å². The molecular formula is C14H21NO. The Morgan fingerprint density at radius 3 is 2.50 bits per heavy atom. The van der Waals surface area contributed by atoms with Gasteiger partial charge in [-0.1, -0.05) is 30.7 Å². The second-order valence-corrected chi connectivity index (χ2v) is 5.67. The average molecular weight is 219 g/mol. The molecule has 0 saturated carbocycles. The highest BCUT2D eigenvalue weighted by molar-refractivity contribution is 5.32. The number of nitrogens with zero attached hydrogens (tertiary/aromatic N) is 1. The Labute approximate surface area is 97.7 Å². The zero-order valence-electron chi connectivity index (χ0n) is 10.9. The zero-order chi connectivity index (χ0) is 11.9. The monoisotopic (exact) mass is 219 g/mol. The minimum absolute atomic E-state index is 0.273. The van der Waals surface area contributed by atoms with Crippen LogP contribution in [-0.4, -0.2) is 5.16 Å². The third-order valence-electron chi connectivity index (χ3n) is 3.95. The van der Waals surface area contributed by atoms with Gasteiger partial charge in [-0.25, -0.2) is 0 Å². The van der Waals surface area contributed by atoms with E-state index in [0.717, 1.165) is 11.5 Å². The zero-order valence-corrected chi connectivity index (χ0v) is 10.9. The summed E-state index contributed by atoms with van der Waals surface area (Å²) in [5.74, 6) is 1.46. The molecule has 2 rings (SSSR count). The van der Waals surface area contributed by atoms with E-state index in [1.165, 1.54) is 24.0 Å². The van der Waals surface area contributed by atoms with Crippen molar-refractivity contribution in [1.82, 2.24) is 5.16 Å². The Balaban J connectivity index is 2.49. The van der Waals surface area contributed by atoms with Crippen LogP contribution in [0.3, 0.4) is 0 Å². The number of allylic oxidation sites excluding steroid dienone is 2. The van der Waals surface area contributed by atoms with Crippen molar-refractivity contribution >= 4 is 0 Å². The van der Waals surface area contributed by atoms with Crippen LogP contribution in [0, 0.1) is 19.3 Å². The van der Waals surface area contributed by atoms with Crippen LogP contribution in [0.5, 0.6) is 0 Å². The van der Waals surface area contributed by atoms with Gasteiger partial charge < -0.3 is 4.52 Å². The average Bonchev–Trinajstić information content (AvgIpc) is 2.48. The van der Waals surface area contributed by atoms with Crippen molar-refractivity contribution in [3.8, 4) is 0 Å². The first-order valence-electron chi connectivity index (χ1n) is 6.03. The summed E-state index contributed by atoms with van der Waals surface area (Å²) in [6, 6.07) is 0. The van der Waals surface area contributed by atoms with E-state index in [-0.39, 0.29) is 5.41 Å². The maximum atomic E-state index is 5.55. The molecule has 2 nitrogen and oxygen atoms in total. The molecule has 0 N–H and O–H groups in total. The van der Waals surface area contributed by atoms with Crippen LogP contribution >= 0.6 is 0 Å². The van der Waals surface area contributed by atoms with E-state index < -0.39 is 0 Å². The molecule has 1 aliphatic carbocycles. The van der Waals surface area contributed by atoms with Gasteiger partial charge in [0, 0.05) is 11.5 Å². The SMILES string of the molecule is CC1=CCCC(C)(C)C1c1onc(C)c1C. The molecule has 0 bridgehead atoms. The first kappa shape index (κ1) is 11.4. The number of hydrogen-bond acceptors (Lipinski definition) is 2. The molecule has 0 saturated heterocycles. The van der Waals surface area contributed by atoms with Gasteiger partial charge in [-0.2, -0.15) is 0 Å². The summed E-state index contributed by atoms with van der Waals surface area (Å²) >= 11 is 0. The Morgan fingerprint density at radius 2 is 2.00 bits per heavy atom. The molecule has 0 spiro atoms. The van der Waals surface area contributed by atoms with Crippen LogP contribution in [0.15, 0.2) is 16.2 Å². The normalized spacial score (nSPS) is 24.3. The van der Waals surface area contributed by atoms with E-state index in [0.29, 0.717) is 5.92 Å². The summed E-state index contributed by atoms with van der Waals surface area (Å²) in [5, 5.41) is 4.09. The van der Waals surface area contributed by atoms with Gasteiger partial charge in [-0.3, -0.25) is 0 Å². The van der Waals surface area contributed by atoms with E-state index >= 15 is 0 Å². The Morgan fingerprint density at radius 1 is 1.31 bits per heavy atom. The molecule has 0 radical (unpaired) electrons. The molecule has 16 heavy (non-hydrogen) atoms. The molecule has 0 fully saturated rings. The van der Waals surface area contributed by atoms with E-state index in [1.807, 2.05) is 6.92 Å². The minimum Gasteiger partial charge on any atom is -0.360 e. The van der Waals surface area contributed by atoms with Gasteiger partial charge in [0.2, 0.25) is 0 Å². The molecule has 0 aromatic carbocycles. The molecule has 2 heteroatoms. The van der Waals surface area contributed by atoms with E-state index in [1.54, 1.807) is 0 Å². The molecule has 0 amide bonds. The summed E-state index contributed by atoms with van der Waals surface area (Å²) in [4.78, 5) is 0. The lowest BCUT2D eigenvalue weighted by molar-refractivity contribution is 0.231. The van der Waals surface area contributed by atoms with Crippen molar-refractivity contribution in [2.45, 2.75) is 53.4 Å². The highest BCUT2D eigenvalue weighted by Gasteiger charge is 2.37. The lowest BCUT2D eigenvalue weighted by atomic mass is 9.67. The first-order chi connectivity index (χ1) is 7.43. The topological polar surface area (TPSA) is 26.0 Å². The van der Waals surface area contributed by atoms with Gasteiger partial charge in [-0.05, 0) is 39.0 Å². The van der Waals surface area contributed by atoms with Crippen molar-refractivity contribution in [3.05, 3.63) is 28.7 Å². The summed E-state index contributed by atoms with van der Waals surface area (Å²) in [7, 11) is 0. The summed E-state index contributed by atoms with van der Waals surface area (Å²) < 4.78 is 5.55. The van der Waals surface area contributed by atoms with E-state index in [2.05, 4.69) is 38.9 Å². The maximum absolute atomic E-state index is 5.55. The van der Waals surface area contributed by atoms with Crippen LogP contribution in [-0.2, 0) is 0 Å². The molecule has 1 heterocycles. The fourth-order valence-corrected chi connectivity index (χ4v) is 2.81. The molecule has 1 aromatic heterocycles. The summed E-state index contributed by atoms with van der Waals surface area (Å²) in [6.07, 6.45) is 4.74. The molecular weight excluding hydrogens is 198 g/mol. The Bertz CT molecular complexity index is 426. The van der Waals surface area contributed by atoms with Gasteiger partial charge in [-0.15, -0.1) is 0 Å².